The van der Waals surface area contributed by atoms with Gasteiger partial charge in [-0.1, -0.05) is 41.6 Å². The number of thiophene rings is 1. The maximum atomic E-state index is 14.3. The Labute approximate surface area is 222 Å². The number of aromatic nitrogens is 4. The Bertz CT molecular complexity index is 1660. The molecule has 0 aliphatic rings. The molecule has 0 saturated heterocycles. The number of rotatable bonds is 8. The molecule has 0 atom stereocenters. The van der Waals surface area contributed by atoms with Gasteiger partial charge in [0.1, 0.15) is 12.4 Å². The molecule has 8 nitrogen and oxygen atoms in total. The molecule has 0 saturated carbocycles. The van der Waals surface area contributed by atoms with Crippen molar-refractivity contribution in [2.24, 2.45) is 0 Å². The van der Waals surface area contributed by atoms with Crippen LogP contribution in [0.25, 0.3) is 33.2 Å². The average Bonchev–Trinajstić information content (AvgIpc) is 3.52. The molecule has 10 heteroatoms. The topological polar surface area (TPSA) is 103 Å². The van der Waals surface area contributed by atoms with Crippen LogP contribution in [0.2, 0.25) is 0 Å². The van der Waals surface area contributed by atoms with Crippen molar-refractivity contribution in [2.75, 3.05) is 7.11 Å². The summed E-state index contributed by atoms with van der Waals surface area (Å²) >= 11 is 1.43. The zero-order valence-corrected chi connectivity index (χ0v) is 21.9. The fraction of sp³-hybridized carbons (Fsp3) is 0.214. The van der Waals surface area contributed by atoms with Crippen LogP contribution in [0, 0.1) is 19.7 Å². The zero-order chi connectivity index (χ0) is 26.8. The summed E-state index contributed by atoms with van der Waals surface area (Å²) in [6.07, 6.45) is 0.549. The van der Waals surface area contributed by atoms with Crippen molar-refractivity contribution in [3.05, 3.63) is 92.8 Å². The molecule has 194 valence electrons. The van der Waals surface area contributed by atoms with Gasteiger partial charge in [-0.2, -0.15) is 4.98 Å². The lowest BCUT2D eigenvalue weighted by Gasteiger charge is -2.16. The van der Waals surface area contributed by atoms with E-state index in [0.717, 1.165) is 16.0 Å². The van der Waals surface area contributed by atoms with Crippen LogP contribution in [0.1, 0.15) is 22.0 Å². The van der Waals surface area contributed by atoms with E-state index in [9.17, 15) is 14.3 Å². The highest BCUT2D eigenvalue weighted by atomic mass is 32.1. The fourth-order valence-corrected chi connectivity index (χ4v) is 5.42. The smallest absolute Gasteiger partial charge is 0.262 e. The molecule has 0 radical (unpaired) electrons. The largest absolute Gasteiger partial charge is 0.504 e. The van der Waals surface area contributed by atoms with E-state index in [1.165, 1.54) is 28.0 Å². The van der Waals surface area contributed by atoms with Crippen LogP contribution >= 0.6 is 11.3 Å². The van der Waals surface area contributed by atoms with E-state index < -0.39 is 11.6 Å². The summed E-state index contributed by atoms with van der Waals surface area (Å²) in [6.45, 7) is 4.15. The van der Waals surface area contributed by atoms with Gasteiger partial charge in [0.05, 0.1) is 16.8 Å². The van der Waals surface area contributed by atoms with Crippen LogP contribution in [0.4, 0.5) is 4.39 Å². The third kappa shape index (κ3) is 4.88. The highest BCUT2D eigenvalue weighted by Gasteiger charge is 2.23. The molecule has 5 rings (SSSR count). The minimum Gasteiger partial charge on any atom is -0.504 e. The van der Waals surface area contributed by atoms with Crippen molar-refractivity contribution in [3.8, 4) is 39.0 Å². The van der Waals surface area contributed by atoms with Gasteiger partial charge in [-0.25, -0.2) is 9.37 Å². The first kappa shape index (κ1) is 25.5. The molecule has 1 N–H and O–H groups in total. The minimum atomic E-state index is -0.778. The van der Waals surface area contributed by atoms with Crippen LogP contribution in [0.15, 0.2) is 63.9 Å². The van der Waals surface area contributed by atoms with Gasteiger partial charge < -0.3 is 14.4 Å². The van der Waals surface area contributed by atoms with Gasteiger partial charge >= 0.3 is 0 Å². The summed E-state index contributed by atoms with van der Waals surface area (Å²) in [5.41, 5.74) is 2.55. The molecule has 0 aliphatic carbocycles. The van der Waals surface area contributed by atoms with E-state index in [0.29, 0.717) is 34.3 Å². The lowest BCUT2D eigenvalue weighted by molar-refractivity contribution is 0.151. The second kappa shape index (κ2) is 10.7. The van der Waals surface area contributed by atoms with Gasteiger partial charge in [-0.05, 0) is 44.0 Å². The third-order valence-electron chi connectivity index (χ3n) is 6.19. The molecule has 0 amide bonds. The van der Waals surface area contributed by atoms with E-state index >= 15 is 0 Å². The van der Waals surface area contributed by atoms with E-state index in [1.54, 1.807) is 20.1 Å². The molecule has 3 heterocycles. The first-order chi connectivity index (χ1) is 18.4. The number of hydrogen-bond acceptors (Lipinski definition) is 8. The molecular weight excluding hydrogens is 507 g/mol. The molecule has 3 aromatic heterocycles. The monoisotopic (exact) mass is 532 g/mol. The third-order valence-corrected chi connectivity index (χ3v) is 7.25. The van der Waals surface area contributed by atoms with Crippen molar-refractivity contribution in [2.45, 2.75) is 33.4 Å². The highest BCUT2D eigenvalue weighted by molar-refractivity contribution is 7.16. The fourth-order valence-electron chi connectivity index (χ4n) is 4.31. The average molecular weight is 533 g/mol. The number of para-hydroxylation sites is 1. The van der Waals surface area contributed by atoms with Crippen LogP contribution in [-0.4, -0.2) is 31.9 Å². The molecule has 2 aromatic carbocycles. The van der Waals surface area contributed by atoms with Crippen molar-refractivity contribution in [1.29, 1.82) is 0 Å². The second-order valence-corrected chi connectivity index (χ2v) is 10.0. The van der Waals surface area contributed by atoms with Crippen molar-refractivity contribution < 1.29 is 18.8 Å². The molecule has 0 unspecified atom stereocenters. The number of benzene rings is 2. The molecule has 38 heavy (non-hydrogen) atoms. The molecular formula is C28H25FN4O4S. The standard InChI is InChI=1S/C28H25FN4O4S/c1-16-24(22-14-20(17(2)38-22)26-31-23(15-36-3)37-32-26)28(35)33(13-12-18-8-5-4-6-9-18)27(30-16)19-10-7-11-21(29)25(19)34/h4-11,14,34H,12-13,15H2,1-3H3. The summed E-state index contributed by atoms with van der Waals surface area (Å²) in [5, 5.41) is 14.5. The maximum absolute atomic E-state index is 14.3. The molecule has 0 bridgehead atoms. The molecule has 0 aliphatic heterocycles. The lowest BCUT2D eigenvalue weighted by Crippen LogP contribution is -2.27. The van der Waals surface area contributed by atoms with E-state index in [2.05, 4.69) is 10.1 Å². The van der Waals surface area contributed by atoms with Gasteiger partial charge in [0.15, 0.2) is 11.6 Å². The first-order valence-electron chi connectivity index (χ1n) is 11.9. The number of aromatic hydroxyl groups is 1. The van der Waals surface area contributed by atoms with Gasteiger partial charge in [0, 0.05) is 29.0 Å². The Morgan fingerprint density at radius 3 is 2.63 bits per heavy atom. The van der Waals surface area contributed by atoms with Gasteiger partial charge in [-0.15, -0.1) is 11.3 Å². The normalized spacial score (nSPS) is 11.3. The Morgan fingerprint density at radius 1 is 1.08 bits per heavy atom. The number of methoxy groups -OCH3 is 1. The Kier molecular flexibility index (Phi) is 7.17. The Morgan fingerprint density at radius 2 is 1.87 bits per heavy atom. The number of hydrogen-bond donors (Lipinski definition) is 1. The Balaban J connectivity index is 1.64. The van der Waals surface area contributed by atoms with Crippen LogP contribution in [-0.2, 0) is 24.3 Å². The van der Waals surface area contributed by atoms with Crippen LogP contribution < -0.4 is 5.56 Å². The summed E-state index contributed by atoms with van der Waals surface area (Å²) in [4.78, 5) is 24.7. The summed E-state index contributed by atoms with van der Waals surface area (Å²) < 4.78 is 26.1. The van der Waals surface area contributed by atoms with Gasteiger partial charge in [0.2, 0.25) is 5.82 Å². The summed E-state index contributed by atoms with van der Waals surface area (Å²) in [5.74, 6) is -0.346. The van der Waals surface area contributed by atoms with Crippen LogP contribution in [0.3, 0.4) is 0 Å². The summed E-state index contributed by atoms with van der Waals surface area (Å²) in [7, 11) is 1.55. The molecule has 0 fully saturated rings. The predicted molar refractivity (Wildman–Crippen MR) is 142 cm³/mol. The number of nitrogens with zero attached hydrogens (tertiary/aromatic N) is 4. The summed E-state index contributed by atoms with van der Waals surface area (Å²) in [6, 6.07) is 15.8. The van der Waals surface area contributed by atoms with Crippen LogP contribution in [0.5, 0.6) is 5.75 Å². The zero-order valence-electron chi connectivity index (χ0n) is 21.1. The van der Waals surface area contributed by atoms with Crippen molar-refractivity contribution in [3.63, 3.8) is 0 Å². The number of phenolic OH excluding ortho intramolecular Hbond substituents is 1. The van der Waals surface area contributed by atoms with E-state index in [4.69, 9.17) is 14.2 Å². The SMILES string of the molecule is COCc1nc(-c2cc(-c3c(C)nc(-c4cccc(F)c4O)n(CCc4ccccc4)c3=O)sc2C)no1. The Hall–Kier alpha value is -4.15. The highest BCUT2D eigenvalue weighted by Crippen LogP contribution is 2.37. The van der Waals surface area contributed by atoms with Gasteiger partial charge in [-0.3, -0.25) is 9.36 Å². The first-order valence-corrected chi connectivity index (χ1v) is 12.7. The van der Waals surface area contributed by atoms with E-state index in [1.807, 2.05) is 43.3 Å². The maximum Gasteiger partial charge on any atom is 0.262 e. The van der Waals surface area contributed by atoms with E-state index in [-0.39, 0.29) is 30.1 Å². The van der Waals surface area contributed by atoms with Crippen molar-refractivity contribution >= 4 is 11.3 Å². The molecule has 5 aromatic rings. The number of aryl methyl sites for hydroxylation is 3. The number of halogens is 1. The quantitative estimate of drug-likeness (QED) is 0.280. The minimum absolute atomic E-state index is 0.158. The number of phenols is 1. The predicted octanol–water partition coefficient (Wildman–Crippen LogP) is 5.54. The van der Waals surface area contributed by atoms with Crippen molar-refractivity contribution in [1.82, 2.24) is 19.7 Å². The lowest BCUT2D eigenvalue weighted by atomic mass is 10.1. The number of ether oxygens (including phenoxy) is 1. The second-order valence-electron chi connectivity index (χ2n) is 8.75. The molecule has 0 spiro atoms. The van der Waals surface area contributed by atoms with Gasteiger partial charge in [0.25, 0.3) is 11.4 Å².